The van der Waals surface area contributed by atoms with E-state index in [0.717, 1.165) is 12.8 Å². The summed E-state index contributed by atoms with van der Waals surface area (Å²) in [7, 11) is 0. The molecule has 0 radical (unpaired) electrons. The van der Waals surface area contributed by atoms with Gasteiger partial charge in [0.05, 0.1) is 11.6 Å². The molecule has 0 bridgehead atoms. The molecule has 2 heterocycles. The van der Waals surface area contributed by atoms with Gasteiger partial charge in [-0.3, -0.25) is 4.79 Å². The van der Waals surface area contributed by atoms with Gasteiger partial charge in [0.2, 0.25) is 0 Å². The minimum Gasteiger partial charge on any atom is -0.464 e. The van der Waals surface area contributed by atoms with Gasteiger partial charge >= 0.3 is 5.97 Å². The Morgan fingerprint density at radius 1 is 1.38 bits per heavy atom. The predicted molar refractivity (Wildman–Crippen MR) is 80.4 cm³/mol. The quantitative estimate of drug-likeness (QED) is 0.803. The van der Waals surface area contributed by atoms with Gasteiger partial charge in [0, 0.05) is 19.3 Å². The minimum atomic E-state index is -0.481. The number of piperidine rings is 1. The summed E-state index contributed by atoms with van der Waals surface area (Å²) in [6, 6.07) is 1.18. The van der Waals surface area contributed by atoms with Crippen molar-refractivity contribution >= 4 is 23.5 Å². The van der Waals surface area contributed by atoms with Crippen LogP contribution in [-0.4, -0.2) is 40.5 Å². The molecule has 1 saturated heterocycles. The van der Waals surface area contributed by atoms with Crippen molar-refractivity contribution in [1.82, 2.24) is 9.47 Å². The summed E-state index contributed by atoms with van der Waals surface area (Å²) in [6.07, 6.45) is 4.23. The monoisotopic (exact) mass is 312 g/mol. The van der Waals surface area contributed by atoms with Crippen molar-refractivity contribution in [2.45, 2.75) is 45.7 Å². The number of esters is 1. The summed E-state index contributed by atoms with van der Waals surface area (Å²) in [6.45, 7) is 5.29. The van der Waals surface area contributed by atoms with Crippen molar-refractivity contribution in [3.63, 3.8) is 0 Å². The second-order valence-electron chi connectivity index (χ2n) is 5.09. The first kappa shape index (κ1) is 15.9. The minimum absolute atomic E-state index is 0.151. The number of aryl methyl sites for hydroxylation is 1. The second kappa shape index (κ2) is 6.98. The van der Waals surface area contributed by atoms with Gasteiger partial charge in [-0.2, -0.15) is 0 Å². The van der Waals surface area contributed by atoms with Gasteiger partial charge in [0.25, 0.3) is 5.91 Å². The molecule has 1 unspecified atom stereocenters. The first-order valence-electron chi connectivity index (χ1n) is 7.41. The second-order valence-corrected chi connectivity index (χ2v) is 5.53. The van der Waals surface area contributed by atoms with Crippen molar-refractivity contribution in [3.8, 4) is 0 Å². The Morgan fingerprint density at radius 3 is 2.81 bits per heavy atom. The molecule has 1 aliphatic heterocycles. The zero-order valence-corrected chi connectivity index (χ0v) is 13.2. The van der Waals surface area contributed by atoms with E-state index in [-0.39, 0.29) is 11.9 Å². The SMILES string of the molecule is CCOC(=O)C1CCCCN1C(=O)c1cc(Cl)cn1CC. The van der Waals surface area contributed by atoms with Crippen LogP contribution >= 0.6 is 11.6 Å². The van der Waals surface area contributed by atoms with Crippen LogP contribution in [0.4, 0.5) is 0 Å². The number of likely N-dealkylation sites (tertiary alicyclic amines) is 1. The van der Waals surface area contributed by atoms with Gasteiger partial charge in [-0.15, -0.1) is 0 Å². The summed E-state index contributed by atoms with van der Waals surface area (Å²) >= 11 is 5.99. The lowest BCUT2D eigenvalue weighted by atomic mass is 10.0. The maximum atomic E-state index is 12.8. The number of rotatable bonds is 4. The van der Waals surface area contributed by atoms with Crippen LogP contribution in [0.25, 0.3) is 0 Å². The number of carbonyl (C=O) groups is 2. The van der Waals surface area contributed by atoms with Gasteiger partial charge in [-0.1, -0.05) is 11.6 Å². The first-order chi connectivity index (χ1) is 10.1. The van der Waals surface area contributed by atoms with E-state index in [1.54, 1.807) is 24.1 Å². The van der Waals surface area contributed by atoms with Crippen molar-refractivity contribution < 1.29 is 14.3 Å². The van der Waals surface area contributed by atoms with Crippen molar-refractivity contribution in [1.29, 1.82) is 0 Å². The van der Waals surface area contributed by atoms with Crippen LogP contribution in [-0.2, 0) is 16.1 Å². The lowest BCUT2D eigenvalue weighted by molar-refractivity contribution is -0.149. The number of amides is 1. The fourth-order valence-corrected chi connectivity index (χ4v) is 2.94. The topological polar surface area (TPSA) is 51.5 Å². The molecule has 0 aromatic carbocycles. The molecular weight excluding hydrogens is 292 g/mol. The highest BCUT2D eigenvalue weighted by Crippen LogP contribution is 2.23. The maximum Gasteiger partial charge on any atom is 0.328 e. The standard InChI is InChI=1S/C15H21ClN2O3/c1-3-17-10-11(16)9-13(17)14(19)18-8-6-5-7-12(18)15(20)21-4-2/h9-10,12H,3-8H2,1-2H3. The summed E-state index contributed by atoms with van der Waals surface area (Å²) in [4.78, 5) is 26.4. The van der Waals surface area contributed by atoms with E-state index in [1.807, 2.05) is 11.5 Å². The molecule has 21 heavy (non-hydrogen) atoms. The molecule has 116 valence electrons. The van der Waals surface area contributed by atoms with Gasteiger partial charge in [-0.25, -0.2) is 4.79 Å². The van der Waals surface area contributed by atoms with Crippen molar-refractivity contribution in [2.24, 2.45) is 0 Å². The highest BCUT2D eigenvalue weighted by molar-refractivity contribution is 6.31. The molecule has 0 N–H and O–H groups in total. The fraction of sp³-hybridized carbons (Fsp3) is 0.600. The Bertz CT molecular complexity index is 527. The maximum absolute atomic E-state index is 12.8. The van der Waals surface area contributed by atoms with Crippen LogP contribution in [0.15, 0.2) is 12.3 Å². The number of halogens is 1. The molecule has 1 aromatic heterocycles. The molecule has 1 atom stereocenters. The van der Waals surface area contributed by atoms with Crippen LogP contribution in [0.2, 0.25) is 5.02 Å². The molecule has 1 amide bonds. The molecule has 2 rings (SSSR count). The number of ether oxygens (including phenoxy) is 1. The van der Waals surface area contributed by atoms with E-state index < -0.39 is 6.04 Å². The van der Waals surface area contributed by atoms with Crippen molar-refractivity contribution in [2.75, 3.05) is 13.2 Å². The molecule has 1 aromatic rings. The van der Waals surface area contributed by atoms with Gasteiger partial charge < -0.3 is 14.2 Å². The molecule has 6 heteroatoms. The first-order valence-corrected chi connectivity index (χ1v) is 7.79. The van der Waals surface area contributed by atoms with Gasteiger partial charge in [0.1, 0.15) is 11.7 Å². The lowest BCUT2D eigenvalue weighted by Gasteiger charge is -2.34. The average molecular weight is 313 g/mol. The largest absolute Gasteiger partial charge is 0.464 e. The van der Waals surface area contributed by atoms with E-state index in [1.165, 1.54) is 0 Å². The average Bonchev–Trinajstić information content (AvgIpc) is 2.88. The van der Waals surface area contributed by atoms with Crippen molar-refractivity contribution in [3.05, 3.63) is 23.0 Å². The molecule has 5 nitrogen and oxygen atoms in total. The third kappa shape index (κ3) is 3.40. The third-order valence-corrected chi connectivity index (χ3v) is 3.95. The van der Waals surface area contributed by atoms with Crippen LogP contribution in [0.5, 0.6) is 0 Å². The summed E-state index contributed by atoms with van der Waals surface area (Å²) < 4.78 is 6.90. The Kier molecular flexibility index (Phi) is 5.28. The van der Waals surface area contributed by atoms with E-state index >= 15 is 0 Å². The Hall–Kier alpha value is -1.49. The Labute approximate surface area is 129 Å². The zero-order chi connectivity index (χ0) is 15.4. The molecule has 1 fully saturated rings. The molecular formula is C15H21ClN2O3. The zero-order valence-electron chi connectivity index (χ0n) is 12.5. The molecule has 0 aliphatic carbocycles. The van der Waals surface area contributed by atoms with E-state index in [4.69, 9.17) is 16.3 Å². The molecule has 0 spiro atoms. The number of hydrogen-bond donors (Lipinski definition) is 0. The van der Waals surface area contributed by atoms with Crippen LogP contribution in [0, 0.1) is 0 Å². The normalized spacial score (nSPS) is 18.6. The highest BCUT2D eigenvalue weighted by atomic mass is 35.5. The summed E-state index contributed by atoms with van der Waals surface area (Å²) in [5.41, 5.74) is 0.527. The highest BCUT2D eigenvalue weighted by Gasteiger charge is 2.34. The van der Waals surface area contributed by atoms with Gasteiger partial charge in [0.15, 0.2) is 0 Å². The fourth-order valence-electron chi connectivity index (χ4n) is 2.72. The van der Waals surface area contributed by atoms with Crippen LogP contribution in [0.3, 0.4) is 0 Å². The lowest BCUT2D eigenvalue weighted by Crippen LogP contribution is -2.49. The smallest absolute Gasteiger partial charge is 0.328 e. The number of aromatic nitrogens is 1. The van der Waals surface area contributed by atoms with E-state index in [9.17, 15) is 9.59 Å². The van der Waals surface area contributed by atoms with Crippen LogP contribution in [0.1, 0.15) is 43.6 Å². The Morgan fingerprint density at radius 2 is 2.14 bits per heavy atom. The third-order valence-electron chi connectivity index (χ3n) is 3.75. The number of carbonyl (C=O) groups excluding carboxylic acids is 2. The Balaban J connectivity index is 2.24. The molecule has 1 aliphatic rings. The van der Waals surface area contributed by atoms with E-state index in [2.05, 4.69) is 0 Å². The predicted octanol–water partition coefficient (Wildman–Crippen LogP) is 2.72. The number of nitrogens with zero attached hydrogens (tertiary/aromatic N) is 2. The summed E-state index contributed by atoms with van der Waals surface area (Å²) in [5.74, 6) is -0.465. The molecule has 0 saturated carbocycles. The summed E-state index contributed by atoms with van der Waals surface area (Å²) in [5, 5.41) is 0.532. The number of hydrogen-bond acceptors (Lipinski definition) is 3. The van der Waals surface area contributed by atoms with E-state index in [0.29, 0.717) is 36.8 Å². The van der Waals surface area contributed by atoms with Crippen LogP contribution < -0.4 is 0 Å². The van der Waals surface area contributed by atoms with Gasteiger partial charge in [-0.05, 0) is 39.2 Å².